The Bertz CT molecular complexity index is 771. The van der Waals surface area contributed by atoms with Crippen molar-refractivity contribution >= 4 is 27.3 Å². The third-order valence-corrected chi connectivity index (χ3v) is 6.46. The number of anilines is 1. The van der Waals surface area contributed by atoms with Gasteiger partial charge in [0.25, 0.3) is 0 Å². The zero-order valence-corrected chi connectivity index (χ0v) is 16.6. The van der Waals surface area contributed by atoms with E-state index in [2.05, 4.69) is 5.32 Å². The SMILES string of the molecule is Cc1cccc(C)c1NC(=O)CN(C)CC(=O)N(C)[C@@H]1CCS(=O)(=O)C1. The summed E-state index contributed by atoms with van der Waals surface area (Å²) in [4.78, 5) is 27.7. The number of aryl methyl sites for hydroxylation is 2. The van der Waals surface area contributed by atoms with Gasteiger partial charge in [0.1, 0.15) is 0 Å². The van der Waals surface area contributed by atoms with Crippen LogP contribution in [0.1, 0.15) is 17.5 Å². The van der Waals surface area contributed by atoms with Crippen LogP contribution in [0.2, 0.25) is 0 Å². The third kappa shape index (κ3) is 5.28. The molecule has 8 heteroatoms. The van der Waals surface area contributed by atoms with Crippen LogP contribution in [0.5, 0.6) is 0 Å². The molecule has 1 saturated heterocycles. The van der Waals surface area contributed by atoms with E-state index in [4.69, 9.17) is 0 Å². The van der Waals surface area contributed by atoms with Gasteiger partial charge in [-0.05, 0) is 38.4 Å². The van der Waals surface area contributed by atoms with E-state index < -0.39 is 9.84 Å². The average Bonchev–Trinajstić information content (AvgIpc) is 2.90. The number of sulfone groups is 1. The fraction of sp³-hybridized carbons (Fsp3) is 0.556. The second kappa shape index (κ2) is 8.18. The number of rotatable bonds is 6. The Morgan fingerprint density at radius 2 is 1.77 bits per heavy atom. The number of hydrogen-bond acceptors (Lipinski definition) is 5. The van der Waals surface area contributed by atoms with Crippen LogP contribution in [0, 0.1) is 13.8 Å². The molecular weight excluding hydrogens is 354 g/mol. The number of carbonyl (C=O) groups is 2. The van der Waals surface area contributed by atoms with Gasteiger partial charge in [0.05, 0.1) is 24.6 Å². The Morgan fingerprint density at radius 3 is 2.31 bits per heavy atom. The Morgan fingerprint density at radius 1 is 1.15 bits per heavy atom. The maximum absolute atomic E-state index is 12.4. The number of para-hydroxylation sites is 1. The number of amides is 2. The second-order valence-electron chi connectivity index (χ2n) is 7.05. The van der Waals surface area contributed by atoms with Crippen LogP contribution in [0.15, 0.2) is 18.2 Å². The van der Waals surface area contributed by atoms with E-state index in [0.29, 0.717) is 6.42 Å². The van der Waals surface area contributed by atoms with Gasteiger partial charge in [-0.3, -0.25) is 14.5 Å². The summed E-state index contributed by atoms with van der Waals surface area (Å²) in [5.74, 6) is -0.228. The van der Waals surface area contributed by atoms with E-state index in [9.17, 15) is 18.0 Å². The summed E-state index contributed by atoms with van der Waals surface area (Å²) >= 11 is 0. The number of nitrogens with one attached hydrogen (secondary N) is 1. The lowest BCUT2D eigenvalue weighted by molar-refractivity contribution is -0.132. The summed E-state index contributed by atoms with van der Waals surface area (Å²) in [6.45, 7) is 4.00. The van der Waals surface area contributed by atoms with Gasteiger partial charge in [-0.1, -0.05) is 18.2 Å². The Hall–Kier alpha value is -1.93. The topological polar surface area (TPSA) is 86.8 Å². The first-order chi connectivity index (χ1) is 12.1. The standard InChI is InChI=1S/C18H27N3O4S/c1-13-6-5-7-14(2)18(13)19-16(22)10-20(3)11-17(23)21(4)15-8-9-26(24,25)12-15/h5-7,15H,8-12H2,1-4H3,(H,19,22)/t15-/m1/s1. The highest BCUT2D eigenvalue weighted by atomic mass is 32.2. The number of nitrogens with zero attached hydrogens (tertiary/aromatic N) is 2. The molecule has 2 rings (SSSR count). The van der Waals surface area contributed by atoms with E-state index in [1.54, 1.807) is 19.0 Å². The van der Waals surface area contributed by atoms with Crippen molar-refractivity contribution in [2.75, 3.05) is 44.0 Å². The smallest absolute Gasteiger partial charge is 0.238 e. The molecule has 0 saturated carbocycles. The maximum Gasteiger partial charge on any atom is 0.238 e. The van der Waals surface area contributed by atoms with Crippen molar-refractivity contribution < 1.29 is 18.0 Å². The second-order valence-corrected chi connectivity index (χ2v) is 9.28. The van der Waals surface area contributed by atoms with E-state index in [1.165, 1.54) is 4.90 Å². The van der Waals surface area contributed by atoms with E-state index in [0.717, 1.165) is 16.8 Å². The van der Waals surface area contributed by atoms with Crippen molar-refractivity contribution in [1.82, 2.24) is 9.80 Å². The molecule has 0 aliphatic carbocycles. The van der Waals surface area contributed by atoms with Gasteiger partial charge in [0, 0.05) is 18.8 Å². The van der Waals surface area contributed by atoms with Crippen LogP contribution in [0.25, 0.3) is 0 Å². The zero-order valence-electron chi connectivity index (χ0n) is 15.8. The molecule has 1 fully saturated rings. The van der Waals surface area contributed by atoms with Gasteiger partial charge >= 0.3 is 0 Å². The van der Waals surface area contributed by atoms with Crippen LogP contribution in [-0.4, -0.2) is 74.8 Å². The minimum Gasteiger partial charge on any atom is -0.341 e. The van der Waals surface area contributed by atoms with Gasteiger partial charge in [-0.15, -0.1) is 0 Å². The highest BCUT2D eigenvalue weighted by Crippen LogP contribution is 2.19. The Kier molecular flexibility index (Phi) is 6.41. The molecule has 1 heterocycles. The molecule has 1 aliphatic rings. The van der Waals surface area contributed by atoms with Crippen molar-refractivity contribution in [3.63, 3.8) is 0 Å². The van der Waals surface area contributed by atoms with E-state index >= 15 is 0 Å². The minimum absolute atomic E-state index is 0.0198. The third-order valence-electron chi connectivity index (χ3n) is 4.71. The fourth-order valence-corrected chi connectivity index (χ4v) is 4.89. The number of hydrogen-bond donors (Lipinski definition) is 1. The van der Waals surface area contributed by atoms with Crippen molar-refractivity contribution in [1.29, 1.82) is 0 Å². The average molecular weight is 381 g/mol. The molecular formula is C18H27N3O4S. The lowest BCUT2D eigenvalue weighted by atomic mass is 10.1. The van der Waals surface area contributed by atoms with Crippen molar-refractivity contribution in [3.8, 4) is 0 Å². The maximum atomic E-state index is 12.4. The fourth-order valence-electron chi connectivity index (χ4n) is 3.12. The first-order valence-electron chi connectivity index (χ1n) is 8.60. The zero-order chi connectivity index (χ0) is 19.5. The summed E-state index contributed by atoms with van der Waals surface area (Å²) in [5.41, 5.74) is 2.77. The first kappa shape index (κ1) is 20.4. The number of carbonyl (C=O) groups excluding carboxylic acids is 2. The van der Waals surface area contributed by atoms with E-state index in [1.807, 2.05) is 32.0 Å². The molecule has 2 amide bonds. The molecule has 1 atom stereocenters. The van der Waals surface area contributed by atoms with Gasteiger partial charge in [0.15, 0.2) is 9.84 Å². The molecule has 1 aliphatic heterocycles. The predicted molar refractivity (Wildman–Crippen MR) is 102 cm³/mol. The minimum atomic E-state index is -3.04. The molecule has 1 aromatic rings. The molecule has 0 unspecified atom stereocenters. The molecule has 7 nitrogen and oxygen atoms in total. The van der Waals surface area contributed by atoms with Gasteiger partial charge in [-0.25, -0.2) is 8.42 Å². The normalized spacial score (nSPS) is 18.7. The monoisotopic (exact) mass is 381 g/mol. The van der Waals surface area contributed by atoms with Gasteiger partial charge in [-0.2, -0.15) is 0 Å². The molecule has 0 radical (unpaired) electrons. The van der Waals surface area contributed by atoms with Crippen LogP contribution in [0.4, 0.5) is 5.69 Å². The Labute approximate surface area is 155 Å². The van der Waals surface area contributed by atoms with Crippen LogP contribution < -0.4 is 5.32 Å². The van der Waals surface area contributed by atoms with Crippen LogP contribution >= 0.6 is 0 Å². The molecule has 1 N–H and O–H groups in total. The number of benzene rings is 1. The predicted octanol–water partition coefficient (Wildman–Crippen LogP) is 0.819. The van der Waals surface area contributed by atoms with Crippen LogP contribution in [0.3, 0.4) is 0 Å². The van der Waals surface area contributed by atoms with Crippen LogP contribution in [-0.2, 0) is 19.4 Å². The highest BCUT2D eigenvalue weighted by Gasteiger charge is 2.32. The number of likely N-dealkylation sites (N-methyl/N-ethyl adjacent to an activating group) is 2. The van der Waals surface area contributed by atoms with Crippen molar-refractivity contribution in [3.05, 3.63) is 29.3 Å². The van der Waals surface area contributed by atoms with Gasteiger partial charge in [0.2, 0.25) is 11.8 Å². The molecule has 0 spiro atoms. The molecule has 0 bridgehead atoms. The summed E-state index contributed by atoms with van der Waals surface area (Å²) in [5, 5.41) is 2.89. The lowest BCUT2D eigenvalue weighted by Gasteiger charge is -2.26. The van der Waals surface area contributed by atoms with Crippen molar-refractivity contribution in [2.24, 2.45) is 0 Å². The quantitative estimate of drug-likeness (QED) is 0.788. The molecule has 144 valence electrons. The lowest BCUT2D eigenvalue weighted by Crippen LogP contribution is -2.44. The molecule has 0 aromatic heterocycles. The van der Waals surface area contributed by atoms with Crippen molar-refractivity contribution in [2.45, 2.75) is 26.3 Å². The van der Waals surface area contributed by atoms with Gasteiger partial charge < -0.3 is 10.2 Å². The van der Waals surface area contributed by atoms with E-state index in [-0.39, 0.29) is 42.5 Å². The largest absolute Gasteiger partial charge is 0.341 e. The summed E-state index contributed by atoms with van der Waals surface area (Å²) in [6.07, 6.45) is 0.474. The summed E-state index contributed by atoms with van der Waals surface area (Å²) < 4.78 is 23.1. The molecule has 26 heavy (non-hydrogen) atoms. The Balaban J connectivity index is 1.86. The summed E-state index contributed by atoms with van der Waals surface area (Å²) in [6, 6.07) is 5.52. The molecule has 1 aromatic carbocycles. The first-order valence-corrected chi connectivity index (χ1v) is 10.4. The highest BCUT2D eigenvalue weighted by molar-refractivity contribution is 7.91. The summed E-state index contributed by atoms with van der Waals surface area (Å²) in [7, 11) is 0.283.